The molecular weight excluding hydrogens is 352 g/mol. The van der Waals surface area contributed by atoms with Crippen LogP contribution in [0.5, 0.6) is 0 Å². The summed E-state index contributed by atoms with van der Waals surface area (Å²) in [5.74, 6) is 4.36. The van der Waals surface area contributed by atoms with Crippen LogP contribution in [0.3, 0.4) is 0 Å². The minimum Gasteiger partial charge on any atom is -0.458 e. The van der Waals surface area contributed by atoms with Gasteiger partial charge in [-0.1, -0.05) is 13.8 Å². The molecule has 0 radical (unpaired) electrons. The number of rotatable bonds is 0. The summed E-state index contributed by atoms with van der Waals surface area (Å²) in [6.45, 7) is 4.77. The Morgan fingerprint density at radius 3 is 2.46 bits per heavy atom. The third-order valence-electron chi connectivity index (χ3n) is 11.6. The van der Waals surface area contributed by atoms with Crippen LogP contribution in [0.4, 0.5) is 0 Å². The van der Waals surface area contributed by atoms with Gasteiger partial charge in [0.15, 0.2) is 0 Å². The van der Waals surface area contributed by atoms with E-state index < -0.39 is 5.60 Å². The molecule has 7 aliphatic rings. The second-order valence-electron chi connectivity index (χ2n) is 12.1. The Hall–Kier alpha value is -0.900. The second kappa shape index (κ2) is 4.55. The van der Waals surface area contributed by atoms with Crippen LogP contribution < -0.4 is 0 Å². The van der Waals surface area contributed by atoms with Gasteiger partial charge in [0.05, 0.1) is 5.60 Å². The summed E-state index contributed by atoms with van der Waals surface area (Å²) in [5, 5.41) is 11.8. The van der Waals surface area contributed by atoms with E-state index in [0.29, 0.717) is 54.8 Å². The molecule has 1 N–H and O–H groups in total. The van der Waals surface area contributed by atoms with E-state index in [-0.39, 0.29) is 28.2 Å². The van der Waals surface area contributed by atoms with E-state index in [2.05, 4.69) is 13.8 Å². The quantitative estimate of drug-likeness (QED) is 0.649. The first-order valence-electron chi connectivity index (χ1n) is 11.7. The van der Waals surface area contributed by atoms with Crippen molar-refractivity contribution >= 4 is 11.8 Å². The predicted octanol–water partition coefficient (Wildman–Crippen LogP) is 3.50. The zero-order chi connectivity index (χ0) is 19.3. The molecular formula is C24H32O4. The highest BCUT2D eigenvalue weighted by atomic mass is 16.6. The first kappa shape index (κ1) is 16.8. The Morgan fingerprint density at radius 2 is 1.71 bits per heavy atom. The average molecular weight is 385 g/mol. The molecule has 0 aromatic carbocycles. The molecule has 0 unspecified atom stereocenters. The molecule has 4 heteroatoms. The predicted molar refractivity (Wildman–Crippen MR) is 101 cm³/mol. The molecule has 1 aliphatic heterocycles. The van der Waals surface area contributed by atoms with Gasteiger partial charge in [0.25, 0.3) is 0 Å². The van der Waals surface area contributed by atoms with Crippen LogP contribution in [-0.2, 0) is 14.3 Å². The summed E-state index contributed by atoms with van der Waals surface area (Å²) < 4.78 is 6.20. The number of Topliss-reactive ketones (excluding diaryl/α,β-unsaturated/α-hetero) is 1. The molecule has 4 nitrogen and oxygen atoms in total. The van der Waals surface area contributed by atoms with Crippen molar-refractivity contribution < 1.29 is 19.4 Å². The van der Waals surface area contributed by atoms with Gasteiger partial charge in [0.1, 0.15) is 11.4 Å². The number of ether oxygens (including phenoxy) is 1. The fraction of sp³-hybridized carbons (Fsp3) is 0.917. The SMILES string of the molecule is C[C@]12CC[C@H]3[C@@H]([C@H]4C[C@H]4[C@]4(O)CC(=O)CC[C@]34C)[C@@H]1[C@H]1C[C@H]1[C@@]21CCC(=O)O1. The van der Waals surface area contributed by atoms with Crippen molar-refractivity contribution in [2.75, 3.05) is 0 Å². The van der Waals surface area contributed by atoms with Gasteiger partial charge in [0.2, 0.25) is 0 Å². The van der Waals surface area contributed by atoms with E-state index in [1.165, 1.54) is 6.42 Å². The number of carbonyl (C=O) groups excluding carboxylic acids is 2. The number of aliphatic hydroxyl groups is 1. The Labute approximate surface area is 166 Å². The summed E-state index contributed by atoms with van der Waals surface area (Å²) in [6.07, 6.45) is 8.04. The van der Waals surface area contributed by atoms with Crippen LogP contribution in [0.15, 0.2) is 0 Å². The van der Waals surface area contributed by atoms with Gasteiger partial charge in [-0.2, -0.15) is 0 Å². The maximum Gasteiger partial charge on any atom is 0.306 e. The summed E-state index contributed by atoms with van der Waals surface area (Å²) in [7, 11) is 0. The van der Waals surface area contributed by atoms with Crippen LogP contribution in [0.2, 0.25) is 0 Å². The number of esters is 1. The lowest BCUT2D eigenvalue weighted by Crippen LogP contribution is -2.65. The minimum atomic E-state index is -0.763. The van der Waals surface area contributed by atoms with Crippen molar-refractivity contribution in [2.45, 2.75) is 82.8 Å². The number of fused-ring (bicyclic) bond motifs is 12. The Balaban J connectivity index is 1.32. The van der Waals surface area contributed by atoms with E-state index in [9.17, 15) is 14.7 Å². The van der Waals surface area contributed by atoms with Crippen molar-refractivity contribution in [3.63, 3.8) is 0 Å². The monoisotopic (exact) mass is 384 g/mol. The van der Waals surface area contributed by atoms with Gasteiger partial charge in [-0.25, -0.2) is 0 Å². The van der Waals surface area contributed by atoms with Crippen molar-refractivity contribution in [3.05, 3.63) is 0 Å². The summed E-state index contributed by atoms with van der Waals surface area (Å²) in [5.41, 5.74) is -0.943. The standard InChI is InChI=1S/C24H32O4/c1-21-6-3-12(25)11-23(21,27)16-9-13(16)19-15(21)4-7-22(2)20(19)14-10-17(14)24(22)8-5-18(26)28-24/h13-17,19-20,27H,3-11H2,1-2H3/t13-,14-,15-,16+,17+,19+,20-,21+,22-,23+,24-/m0/s1. The van der Waals surface area contributed by atoms with Crippen LogP contribution in [0.1, 0.15) is 71.6 Å². The number of hydrogen-bond acceptors (Lipinski definition) is 4. The molecule has 11 atom stereocenters. The van der Waals surface area contributed by atoms with E-state index in [1.807, 2.05) is 0 Å². The fourth-order valence-corrected chi connectivity index (χ4v) is 10.3. The van der Waals surface area contributed by atoms with Gasteiger partial charge >= 0.3 is 5.97 Å². The molecule has 1 heterocycles. The second-order valence-corrected chi connectivity index (χ2v) is 12.1. The molecule has 6 saturated carbocycles. The largest absolute Gasteiger partial charge is 0.458 e. The Kier molecular flexibility index (Phi) is 2.74. The van der Waals surface area contributed by atoms with Crippen molar-refractivity contribution in [3.8, 4) is 0 Å². The summed E-state index contributed by atoms with van der Waals surface area (Å²) >= 11 is 0. The highest BCUT2D eigenvalue weighted by molar-refractivity contribution is 5.81. The minimum absolute atomic E-state index is 0.0229. The van der Waals surface area contributed by atoms with E-state index in [0.717, 1.165) is 38.0 Å². The molecule has 0 bridgehead atoms. The zero-order valence-electron chi connectivity index (χ0n) is 17.1. The molecule has 28 heavy (non-hydrogen) atoms. The molecule has 6 aliphatic carbocycles. The van der Waals surface area contributed by atoms with Gasteiger partial charge in [-0.05, 0) is 74.0 Å². The molecule has 0 amide bonds. The van der Waals surface area contributed by atoms with Gasteiger partial charge in [0, 0.05) is 36.0 Å². The van der Waals surface area contributed by atoms with Crippen LogP contribution in [-0.4, -0.2) is 28.1 Å². The summed E-state index contributed by atoms with van der Waals surface area (Å²) in [4.78, 5) is 24.4. The zero-order valence-corrected chi connectivity index (χ0v) is 17.1. The van der Waals surface area contributed by atoms with Crippen molar-refractivity contribution in [2.24, 2.45) is 52.3 Å². The van der Waals surface area contributed by atoms with E-state index >= 15 is 0 Å². The maximum absolute atomic E-state index is 12.3. The van der Waals surface area contributed by atoms with Gasteiger partial charge in [-0.15, -0.1) is 0 Å². The lowest BCUT2D eigenvalue weighted by molar-refractivity contribution is -0.223. The normalized spacial score (nSPS) is 65.8. The van der Waals surface area contributed by atoms with Crippen LogP contribution in [0.25, 0.3) is 0 Å². The summed E-state index contributed by atoms with van der Waals surface area (Å²) in [6, 6.07) is 0. The van der Waals surface area contributed by atoms with Crippen molar-refractivity contribution in [1.82, 2.24) is 0 Å². The highest BCUT2D eigenvalue weighted by Gasteiger charge is 2.83. The average Bonchev–Trinajstić information content (AvgIpc) is 3.54. The Morgan fingerprint density at radius 1 is 0.929 bits per heavy atom. The van der Waals surface area contributed by atoms with E-state index in [4.69, 9.17) is 4.74 Å². The lowest BCUT2D eigenvalue weighted by Gasteiger charge is -2.64. The van der Waals surface area contributed by atoms with Crippen LogP contribution >= 0.6 is 0 Å². The van der Waals surface area contributed by atoms with Gasteiger partial charge < -0.3 is 9.84 Å². The molecule has 0 aromatic rings. The Bertz CT molecular complexity index is 821. The lowest BCUT2D eigenvalue weighted by atomic mass is 9.42. The van der Waals surface area contributed by atoms with E-state index in [1.54, 1.807) is 0 Å². The first-order valence-corrected chi connectivity index (χ1v) is 11.7. The molecule has 7 fully saturated rings. The third kappa shape index (κ3) is 1.55. The topological polar surface area (TPSA) is 63.6 Å². The third-order valence-corrected chi connectivity index (χ3v) is 11.6. The molecule has 0 aromatic heterocycles. The van der Waals surface area contributed by atoms with Crippen LogP contribution in [0, 0.1) is 52.3 Å². The molecule has 1 saturated heterocycles. The van der Waals surface area contributed by atoms with Gasteiger partial charge in [-0.3, -0.25) is 9.59 Å². The highest BCUT2D eigenvalue weighted by Crippen LogP contribution is 2.83. The maximum atomic E-state index is 12.3. The smallest absolute Gasteiger partial charge is 0.306 e. The molecule has 1 spiro atoms. The number of hydrogen-bond donors (Lipinski definition) is 1. The molecule has 7 rings (SSSR count). The first-order chi connectivity index (χ1) is 13.3. The fourth-order valence-electron chi connectivity index (χ4n) is 10.3. The van der Waals surface area contributed by atoms with Crippen molar-refractivity contribution in [1.29, 1.82) is 0 Å². The number of ketones is 1. The molecule has 152 valence electrons. The number of carbonyl (C=O) groups is 2.